The van der Waals surface area contributed by atoms with E-state index in [1.165, 1.54) is 5.56 Å². The van der Waals surface area contributed by atoms with Crippen LogP contribution in [0.1, 0.15) is 15.4 Å². The molecule has 0 amide bonds. The Kier molecular flexibility index (Phi) is 2.45. The summed E-state index contributed by atoms with van der Waals surface area (Å²) in [6, 6.07) is 3.99. The summed E-state index contributed by atoms with van der Waals surface area (Å²) in [6.07, 6.45) is 4.42. The summed E-state index contributed by atoms with van der Waals surface area (Å²) in [6.45, 7) is 1.99. The van der Waals surface area contributed by atoms with Crippen LogP contribution in [0, 0.1) is 6.92 Å². The third-order valence-electron chi connectivity index (χ3n) is 1.98. The van der Waals surface area contributed by atoms with Gasteiger partial charge in [-0.25, -0.2) is 4.98 Å². The minimum atomic E-state index is 0.652. The number of hydrogen-bond donors (Lipinski definition) is 1. The molecular formula is C10H11N3S. The SMILES string of the molecule is Cc1sc(Cc2ccncc2)nc1N. The van der Waals surface area contributed by atoms with E-state index in [1.54, 1.807) is 23.7 Å². The highest BCUT2D eigenvalue weighted by atomic mass is 32.1. The number of aromatic nitrogens is 2. The van der Waals surface area contributed by atoms with Gasteiger partial charge in [0.15, 0.2) is 0 Å². The lowest BCUT2D eigenvalue weighted by Gasteiger charge is -1.94. The fourth-order valence-electron chi connectivity index (χ4n) is 1.22. The third-order valence-corrected chi connectivity index (χ3v) is 2.97. The molecule has 0 radical (unpaired) electrons. The number of anilines is 1. The first-order chi connectivity index (χ1) is 6.75. The van der Waals surface area contributed by atoms with Gasteiger partial charge in [0.05, 0.1) is 5.01 Å². The zero-order valence-corrected chi connectivity index (χ0v) is 8.71. The smallest absolute Gasteiger partial charge is 0.137 e. The predicted octanol–water partition coefficient (Wildman–Crippen LogP) is 2.02. The van der Waals surface area contributed by atoms with E-state index in [9.17, 15) is 0 Å². The van der Waals surface area contributed by atoms with Gasteiger partial charge in [0.25, 0.3) is 0 Å². The normalized spacial score (nSPS) is 10.4. The molecule has 2 rings (SSSR count). The molecule has 14 heavy (non-hydrogen) atoms. The first-order valence-electron chi connectivity index (χ1n) is 4.36. The van der Waals surface area contributed by atoms with Crippen LogP contribution in [0.2, 0.25) is 0 Å². The van der Waals surface area contributed by atoms with Crippen LogP contribution in [0.3, 0.4) is 0 Å². The van der Waals surface area contributed by atoms with Gasteiger partial charge >= 0.3 is 0 Å². The Morgan fingerprint density at radius 2 is 2.07 bits per heavy atom. The van der Waals surface area contributed by atoms with E-state index in [-0.39, 0.29) is 0 Å². The van der Waals surface area contributed by atoms with Gasteiger partial charge in [-0.2, -0.15) is 0 Å². The molecule has 0 saturated heterocycles. The third kappa shape index (κ3) is 1.90. The van der Waals surface area contributed by atoms with E-state index in [4.69, 9.17) is 5.73 Å². The Labute approximate surface area is 86.6 Å². The summed E-state index contributed by atoms with van der Waals surface area (Å²) in [4.78, 5) is 9.34. The summed E-state index contributed by atoms with van der Waals surface area (Å²) >= 11 is 1.65. The monoisotopic (exact) mass is 205 g/mol. The van der Waals surface area contributed by atoms with Crippen molar-refractivity contribution in [1.29, 1.82) is 0 Å². The van der Waals surface area contributed by atoms with Crippen LogP contribution < -0.4 is 5.73 Å². The molecule has 2 heterocycles. The van der Waals surface area contributed by atoms with Gasteiger partial charge in [-0.15, -0.1) is 11.3 Å². The van der Waals surface area contributed by atoms with E-state index in [2.05, 4.69) is 9.97 Å². The summed E-state index contributed by atoms with van der Waals surface area (Å²) < 4.78 is 0. The highest BCUT2D eigenvalue weighted by Gasteiger charge is 2.04. The fourth-order valence-corrected chi connectivity index (χ4v) is 2.10. The van der Waals surface area contributed by atoms with Crippen LogP contribution >= 0.6 is 11.3 Å². The van der Waals surface area contributed by atoms with E-state index in [0.29, 0.717) is 5.82 Å². The minimum absolute atomic E-state index is 0.652. The predicted molar refractivity (Wildman–Crippen MR) is 58.3 cm³/mol. The van der Waals surface area contributed by atoms with Crippen molar-refractivity contribution >= 4 is 17.2 Å². The Balaban J connectivity index is 2.19. The number of pyridine rings is 1. The van der Waals surface area contributed by atoms with Gasteiger partial charge in [-0.1, -0.05) is 0 Å². The Morgan fingerprint density at radius 3 is 2.64 bits per heavy atom. The number of nitrogens with zero attached hydrogens (tertiary/aromatic N) is 2. The van der Waals surface area contributed by atoms with Crippen LogP contribution in [0.15, 0.2) is 24.5 Å². The Bertz CT molecular complexity index is 403. The maximum atomic E-state index is 5.68. The molecule has 0 fully saturated rings. The van der Waals surface area contributed by atoms with Gasteiger partial charge < -0.3 is 5.73 Å². The van der Waals surface area contributed by atoms with Crippen LogP contribution in [-0.4, -0.2) is 9.97 Å². The van der Waals surface area contributed by atoms with Gasteiger partial charge in [0, 0.05) is 23.7 Å². The Morgan fingerprint density at radius 1 is 1.36 bits per heavy atom. The first-order valence-corrected chi connectivity index (χ1v) is 5.18. The van der Waals surface area contributed by atoms with Crippen molar-refractivity contribution in [2.24, 2.45) is 0 Å². The summed E-state index contributed by atoms with van der Waals surface area (Å²) in [7, 11) is 0. The molecule has 2 aromatic heterocycles. The topological polar surface area (TPSA) is 51.8 Å². The van der Waals surface area contributed by atoms with E-state index >= 15 is 0 Å². The van der Waals surface area contributed by atoms with Gasteiger partial charge in [-0.05, 0) is 24.6 Å². The van der Waals surface area contributed by atoms with Crippen LogP contribution in [0.5, 0.6) is 0 Å². The molecule has 0 spiro atoms. The lowest BCUT2D eigenvalue weighted by molar-refractivity contribution is 1.12. The van der Waals surface area contributed by atoms with Gasteiger partial charge in [-0.3, -0.25) is 4.98 Å². The molecule has 72 valence electrons. The maximum Gasteiger partial charge on any atom is 0.137 e. The zero-order chi connectivity index (χ0) is 9.97. The molecular weight excluding hydrogens is 194 g/mol. The van der Waals surface area contributed by atoms with Crippen molar-refractivity contribution in [3.8, 4) is 0 Å². The van der Waals surface area contributed by atoms with Gasteiger partial charge in [0.2, 0.25) is 0 Å². The zero-order valence-electron chi connectivity index (χ0n) is 7.90. The first kappa shape index (κ1) is 9.15. The molecule has 0 unspecified atom stereocenters. The lowest BCUT2D eigenvalue weighted by Crippen LogP contribution is -1.89. The summed E-state index contributed by atoms with van der Waals surface area (Å²) in [5.74, 6) is 0.652. The molecule has 2 N–H and O–H groups in total. The van der Waals surface area contributed by atoms with Crippen molar-refractivity contribution in [3.05, 3.63) is 40.0 Å². The minimum Gasteiger partial charge on any atom is -0.383 e. The molecule has 4 heteroatoms. The van der Waals surface area contributed by atoms with Gasteiger partial charge in [0.1, 0.15) is 5.82 Å². The van der Waals surface area contributed by atoms with Crippen molar-refractivity contribution in [2.75, 3.05) is 5.73 Å². The molecule has 0 atom stereocenters. The largest absolute Gasteiger partial charge is 0.383 e. The second-order valence-corrected chi connectivity index (χ2v) is 4.37. The lowest BCUT2D eigenvalue weighted by atomic mass is 10.2. The highest BCUT2D eigenvalue weighted by molar-refractivity contribution is 7.12. The van der Waals surface area contributed by atoms with Crippen LogP contribution in [-0.2, 0) is 6.42 Å². The average Bonchev–Trinajstić information content (AvgIpc) is 2.47. The molecule has 0 aliphatic rings. The number of hydrogen-bond acceptors (Lipinski definition) is 4. The second-order valence-electron chi connectivity index (χ2n) is 3.08. The standard InChI is InChI=1S/C10H11N3S/c1-7-10(11)13-9(14-7)6-8-2-4-12-5-3-8/h2-5H,6,11H2,1H3. The molecule has 2 aromatic rings. The van der Waals surface area contributed by atoms with Crippen molar-refractivity contribution in [1.82, 2.24) is 9.97 Å². The molecule has 0 aliphatic carbocycles. The molecule has 0 aromatic carbocycles. The molecule has 0 bridgehead atoms. The summed E-state index contributed by atoms with van der Waals surface area (Å²) in [5.41, 5.74) is 6.90. The molecule has 3 nitrogen and oxygen atoms in total. The van der Waals surface area contributed by atoms with Crippen LogP contribution in [0.25, 0.3) is 0 Å². The molecule has 0 aliphatic heterocycles. The van der Waals surface area contributed by atoms with Crippen molar-refractivity contribution in [2.45, 2.75) is 13.3 Å². The number of nitrogen functional groups attached to an aromatic ring is 1. The summed E-state index contributed by atoms with van der Waals surface area (Å²) in [5, 5.41) is 1.06. The number of aryl methyl sites for hydroxylation is 1. The molecule has 0 saturated carbocycles. The van der Waals surface area contributed by atoms with Crippen LogP contribution in [0.4, 0.5) is 5.82 Å². The van der Waals surface area contributed by atoms with E-state index < -0.39 is 0 Å². The van der Waals surface area contributed by atoms with E-state index in [0.717, 1.165) is 16.3 Å². The second kappa shape index (κ2) is 3.75. The quantitative estimate of drug-likeness (QED) is 0.816. The number of nitrogens with two attached hydrogens (primary N) is 1. The number of thiazole rings is 1. The van der Waals surface area contributed by atoms with Crippen molar-refractivity contribution < 1.29 is 0 Å². The Hall–Kier alpha value is -1.42. The number of rotatable bonds is 2. The van der Waals surface area contributed by atoms with Crippen molar-refractivity contribution in [3.63, 3.8) is 0 Å². The fraction of sp³-hybridized carbons (Fsp3) is 0.200. The van der Waals surface area contributed by atoms with E-state index in [1.807, 2.05) is 19.1 Å². The maximum absolute atomic E-state index is 5.68. The average molecular weight is 205 g/mol. The highest BCUT2D eigenvalue weighted by Crippen LogP contribution is 2.21.